The maximum Gasteiger partial charge on any atom is 0.140 e. The normalized spacial score (nSPS) is 13.7. The van der Waals surface area contributed by atoms with E-state index in [-0.39, 0.29) is 0 Å². The van der Waals surface area contributed by atoms with Crippen LogP contribution in [0.25, 0.3) is 33.1 Å². The van der Waals surface area contributed by atoms with Crippen LogP contribution in [-0.4, -0.2) is 33.1 Å². The van der Waals surface area contributed by atoms with Gasteiger partial charge in [-0.3, -0.25) is 0 Å². The average molecular weight is 436 g/mol. The number of hydrogen-bond acceptors (Lipinski definition) is 5. The molecule has 3 aromatic carbocycles. The van der Waals surface area contributed by atoms with Gasteiger partial charge in [0.1, 0.15) is 30.3 Å². The van der Waals surface area contributed by atoms with Crippen LogP contribution in [0.4, 0.5) is 5.82 Å². The fourth-order valence-corrected chi connectivity index (χ4v) is 4.84. The highest BCUT2D eigenvalue weighted by Crippen LogP contribution is 2.33. The van der Waals surface area contributed by atoms with E-state index in [1.165, 1.54) is 11.1 Å². The van der Waals surface area contributed by atoms with Crippen LogP contribution in [0.5, 0.6) is 5.75 Å². The number of benzene rings is 3. The van der Waals surface area contributed by atoms with Crippen molar-refractivity contribution in [3.8, 4) is 16.9 Å². The quantitative estimate of drug-likeness (QED) is 0.397. The van der Waals surface area contributed by atoms with E-state index in [0.29, 0.717) is 6.61 Å². The van der Waals surface area contributed by atoms with Crippen LogP contribution in [0.15, 0.2) is 54.9 Å². The Kier molecular flexibility index (Phi) is 4.54. The number of ether oxygens (including phenoxy) is 1. The number of hydrogen-bond donors (Lipinski definition) is 1. The molecule has 0 amide bonds. The number of fused-ring (bicyclic) bond motifs is 3. The molecule has 2 aromatic heterocycles. The number of aryl methyl sites for hydroxylation is 3. The van der Waals surface area contributed by atoms with Crippen LogP contribution in [0.1, 0.15) is 22.5 Å². The largest absolute Gasteiger partial charge is 0.491 e. The summed E-state index contributed by atoms with van der Waals surface area (Å²) in [5, 5.41) is 1.09. The molecule has 0 saturated heterocycles. The molecular formula is C27H25N5O. The van der Waals surface area contributed by atoms with Crippen molar-refractivity contribution < 1.29 is 4.74 Å². The van der Waals surface area contributed by atoms with Crippen LogP contribution in [0.2, 0.25) is 0 Å². The first-order valence-corrected chi connectivity index (χ1v) is 11.2. The van der Waals surface area contributed by atoms with Crippen LogP contribution < -0.4 is 9.64 Å². The molecule has 0 saturated carbocycles. The molecule has 0 fully saturated rings. The zero-order valence-electron chi connectivity index (χ0n) is 19.0. The first-order valence-electron chi connectivity index (χ1n) is 11.2. The van der Waals surface area contributed by atoms with E-state index in [0.717, 1.165) is 69.1 Å². The Hall–Kier alpha value is -3.93. The van der Waals surface area contributed by atoms with Gasteiger partial charge in [0, 0.05) is 17.5 Å². The summed E-state index contributed by atoms with van der Waals surface area (Å²) in [5.41, 5.74) is 8.91. The van der Waals surface area contributed by atoms with Crippen molar-refractivity contribution in [1.82, 2.24) is 19.9 Å². The highest BCUT2D eigenvalue weighted by molar-refractivity contribution is 5.92. The van der Waals surface area contributed by atoms with Crippen LogP contribution in [0, 0.1) is 20.8 Å². The number of imidazole rings is 1. The van der Waals surface area contributed by atoms with E-state index in [1.54, 1.807) is 6.33 Å². The third-order valence-corrected chi connectivity index (χ3v) is 6.33. The van der Waals surface area contributed by atoms with Crippen LogP contribution in [0.3, 0.4) is 0 Å². The minimum Gasteiger partial charge on any atom is -0.491 e. The summed E-state index contributed by atoms with van der Waals surface area (Å²) in [4.78, 5) is 19.4. The maximum absolute atomic E-state index is 6.12. The Morgan fingerprint density at radius 3 is 2.70 bits per heavy atom. The van der Waals surface area contributed by atoms with Crippen molar-refractivity contribution in [2.45, 2.75) is 27.3 Å². The predicted molar refractivity (Wildman–Crippen MR) is 132 cm³/mol. The third kappa shape index (κ3) is 3.48. The van der Waals surface area contributed by atoms with Crippen LogP contribution in [-0.2, 0) is 6.54 Å². The van der Waals surface area contributed by atoms with E-state index >= 15 is 0 Å². The summed E-state index contributed by atoms with van der Waals surface area (Å²) in [6.45, 7) is 8.32. The standard InChI is InChI=1S/C27H25N5O/c1-16-10-17(2)26-22(11-16)27(29-15-28-26)32-8-9-33-25-7-5-19(12-21(25)14-32)20-4-6-23-24(13-20)31-18(3)30-23/h4-7,10-13,15H,8-9,14H2,1-3H3,(H,30,31). The second-order valence-corrected chi connectivity index (χ2v) is 8.82. The van der Waals surface area contributed by atoms with Gasteiger partial charge in [-0.1, -0.05) is 18.2 Å². The Morgan fingerprint density at radius 2 is 1.79 bits per heavy atom. The minimum absolute atomic E-state index is 0.613. The molecule has 1 aliphatic heterocycles. The molecule has 6 rings (SSSR count). The van der Waals surface area contributed by atoms with E-state index in [2.05, 4.69) is 82.2 Å². The summed E-state index contributed by atoms with van der Waals surface area (Å²) < 4.78 is 6.12. The molecule has 6 heteroatoms. The zero-order chi connectivity index (χ0) is 22.5. The highest BCUT2D eigenvalue weighted by Gasteiger charge is 2.20. The molecule has 164 valence electrons. The van der Waals surface area contributed by atoms with Crippen molar-refractivity contribution in [1.29, 1.82) is 0 Å². The number of anilines is 1. The van der Waals surface area contributed by atoms with Crippen molar-refractivity contribution in [3.05, 3.63) is 77.4 Å². The lowest BCUT2D eigenvalue weighted by Gasteiger charge is -2.23. The molecule has 1 aliphatic rings. The van der Waals surface area contributed by atoms with Gasteiger partial charge in [0.25, 0.3) is 0 Å². The number of rotatable bonds is 2. The van der Waals surface area contributed by atoms with Gasteiger partial charge in [0.2, 0.25) is 0 Å². The van der Waals surface area contributed by atoms with Crippen molar-refractivity contribution >= 4 is 27.8 Å². The molecule has 0 radical (unpaired) electrons. The third-order valence-electron chi connectivity index (χ3n) is 6.33. The van der Waals surface area contributed by atoms with E-state index in [4.69, 9.17) is 9.72 Å². The molecule has 0 aliphatic carbocycles. The van der Waals surface area contributed by atoms with Crippen molar-refractivity contribution in [2.75, 3.05) is 18.1 Å². The second kappa shape index (κ2) is 7.59. The molecule has 0 bridgehead atoms. The Bertz CT molecular complexity index is 1520. The zero-order valence-corrected chi connectivity index (χ0v) is 19.0. The summed E-state index contributed by atoms with van der Waals surface area (Å²) >= 11 is 0. The fourth-order valence-electron chi connectivity index (χ4n) is 4.84. The molecule has 1 N–H and O–H groups in total. The van der Waals surface area contributed by atoms with Gasteiger partial charge in [-0.2, -0.15) is 0 Å². The number of nitrogens with one attached hydrogen (secondary N) is 1. The van der Waals surface area contributed by atoms with Gasteiger partial charge in [-0.25, -0.2) is 15.0 Å². The Balaban J connectivity index is 1.41. The van der Waals surface area contributed by atoms with Gasteiger partial charge < -0.3 is 14.6 Å². The van der Waals surface area contributed by atoms with Gasteiger partial charge >= 0.3 is 0 Å². The summed E-state index contributed by atoms with van der Waals surface area (Å²) in [7, 11) is 0. The summed E-state index contributed by atoms with van der Waals surface area (Å²) in [6.07, 6.45) is 1.67. The number of H-pyrrole nitrogens is 1. The highest BCUT2D eigenvalue weighted by atomic mass is 16.5. The van der Waals surface area contributed by atoms with E-state index < -0.39 is 0 Å². The Morgan fingerprint density at radius 1 is 0.939 bits per heavy atom. The summed E-state index contributed by atoms with van der Waals surface area (Å²) in [5.74, 6) is 2.82. The SMILES string of the molecule is Cc1cc(C)c2ncnc(N3CCOc4ccc(-c5ccc6nc(C)[nH]c6c5)cc4C3)c2c1. The minimum atomic E-state index is 0.613. The van der Waals surface area contributed by atoms with Crippen molar-refractivity contribution in [2.24, 2.45) is 0 Å². The molecule has 0 unspecified atom stereocenters. The number of aromatic nitrogens is 4. The second-order valence-electron chi connectivity index (χ2n) is 8.82. The predicted octanol–water partition coefficient (Wildman–Crippen LogP) is 5.50. The molecule has 0 atom stereocenters. The van der Waals surface area contributed by atoms with Gasteiger partial charge in [0.05, 0.1) is 23.1 Å². The monoisotopic (exact) mass is 435 g/mol. The first-order chi connectivity index (χ1) is 16.0. The number of aromatic amines is 1. The molecule has 6 nitrogen and oxygen atoms in total. The van der Waals surface area contributed by atoms with E-state index in [1.807, 2.05) is 6.92 Å². The molecule has 33 heavy (non-hydrogen) atoms. The Labute approximate surface area is 192 Å². The molecule has 0 spiro atoms. The van der Waals surface area contributed by atoms with Crippen LogP contribution >= 0.6 is 0 Å². The van der Waals surface area contributed by atoms with Gasteiger partial charge in [0.15, 0.2) is 0 Å². The van der Waals surface area contributed by atoms with E-state index in [9.17, 15) is 0 Å². The maximum atomic E-state index is 6.12. The van der Waals surface area contributed by atoms with Crippen molar-refractivity contribution in [3.63, 3.8) is 0 Å². The number of nitrogens with zero attached hydrogens (tertiary/aromatic N) is 4. The lowest BCUT2D eigenvalue weighted by molar-refractivity contribution is 0.331. The lowest BCUT2D eigenvalue weighted by Crippen LogP contribution is -2.26. The topological polar surface area (TPSA) is 66.9 Å². The smallest absolute Gasteiger partial charge is 0.140 e. The molecule has 3 heterocycles. The van der Waals surface area contributed by atoms with Gasteiger partial charge in [-0.15, -0.1) is 0 Å². The first kappa shape index (κ1) is 19.7. The lowest BCUT2D eigenvalue weighted by atomic mass is 10.0. The fraction of sp³-hybridized carbons (Fsp3) is 0.222. The van der Waals surface area contributed by atoms with Gasteiger partial charge in [-0.05, 0) is 73.4 Å². The summed E-state index contributed by atoms with van der Waals surface area (Å²) in [6, 6.07) is 17.2. The molecular weight excluding hydrogens is 410 g/mol. The molecule has 5 aromatic rings. The average Bonchev–Trinajstić information content (AvgIpc) is 3.04.